The summed E-state index contributed by atoms with van der Waals surface area (Å²) in [6, 6.07) is 11.4. The van der Waals surface area contributed by atoms with Crippen molar-refractivity contribution in [3.8, 4) is 10.4 Å². The second kappa shape index (κ2) is 6.13. The van der Waals surface area contributed by atoms with Crippen molar-refractivity contribution < 1.29 is 9.53 Å². The molecular formula is C18H18N2O3S. The van der Waals surface area contributed by atoms with Crippen molar-refractivity contribution in [1.29, 1.82) is 0 Å². The van der Waals surface area contributed by atoms with Crippen LogP contribution in [-0.2, 0) is 11.8 Å². The van der Waals surface area contributed by atoms with Gasteiger partial charge in [0, 0.05) is 37.8 Å². The number of fused-ring (bicyclic) bond motifs is 1. The van der Waals surface area contributed by atoms with Crippen molar-refractivity contribution in [2.24, 2.45) is 7.05 Å². The molecule has 2 heterocycles. The molecule has 3 rings (SSSR count). The van der Waals surface area contributed by atoms with Crippen LogP contribution in [0.25, 0.3) is 20.7 Å². The van der Waals surface area contributed by atoms with E-state index in [1.54, 1.807) is 11.6 Å². The number of hydrogen-bond donors (Lipinski definition) is 0. The van der Waals surface area contributed by atoms with Gasteiger partial charge in [-0.05, 0) is 23.8 Å². The summed E-state index contributed by atoms with van der Waals surface area (Å²) in [5, 5.41) is 0. The van der Waals surface area contributed by atoms with Crippen LogP contribution in [0.15, 0.2) is 41.2 Å². The molecule has 5 nitrogen and oxygen atoms in total. The zero-order chi connectivity index (χ0) is 17.4. The van der Waals surface area contributed by atoms with Gasteiger partial charge in [0.15, 0.2) is 0 Å². The van der Waals surface area contributed by atoms with Gasteiger partial charge in [-0.2, -0.15) is 0 Å². The van der Waals surface area contributed by atoms with E-state index < -0.39 is 5.97 Å². The highest BCUT2D eigenvalue weighted by Crippen LogP contribution is 2.35. The summed E-state index contributed by atoms with van der Waals surface area (Å²) in [7, 11) is 7.01. The van der Waals surface area contributed by atoms with E-state index in [9.17, 15) is 9.59 Å². The Morgan fingerprint density at radius 2 is 1.83 bits per heavy atom. The first-order chi connectivity index (χ1) is 11.4. The van der Waals surface area contributed by atoms with Crippen LogP contribution in [0.3, 0.4) is 0 Å². The molecule has 2 aromatic heterocycles. The van der Waals surface area contributed by atoms with Crippen LogP contribution in [0.4, 0.5) is 5.69 Å². The average molecular weight is 342 g/mol. The maximum absolute atomic E-state index is 12.1. The molecule has 0 spiro atoms. The molecule has 0 aliphatic heterocycles. The Balaban J connectivity index is 2.19. The molecule has 0 N–H and O–H groups in total. The Bertz CT molecular complexity index is 968. The van der Waals surface area contributed by atoms with Gasteiger partial charge in [0.25, 0.3) is 5.56 Å². The molecule has 24 heavy (non-hydrogen) atoms. The number of nitrogens with zero attached hydrogens (tertiary/aromatic N) is 2. The lowest BCUT2D eigenvalue weighted by molar-refractivity contribution is 0.0603. The zero-order valence-corrected chi connectivity index (χ0v) is 14.8. The van der Waals surface area contributed by atoms with E-state index >= 15 is 0 Å². The summed E-state index contributed by atoms with van der Waals surface area (Å²) in [6.45, 7) is 0. The van der Waals surface area contributed by atoms with Gasteiger partial charge in [0.1, 0.15) is 0 Å². The predicted octanol–water partition coefficient (Wildman–Crippen LogP) is 3.12. The van der Waals surface area contributed by atoms with Crippen molar-refractivity contribution in [3.63, 3.8) is 0 Å². The average Bonchev–Trinajstić information content (AvgIpc) is 3.03. The van der Waals surface area contributed by atoms with Gasteiger partial charge in [0.2, 0.25) is 0 Å². The summed E-state index contributed by atoms with van der Waals surface area (Å²) in [6.07, 6.45) is 0. The normalized spacial score (nSPS) is 10.8. The summed E-state index contributed by atoms with van der Waals surface area (Å²) < 4.78 is 7.12. The van der Waals surface area contributed by atoms with Crippen molar-refractivity contribution in [2.45, 2.75) is 0 Å². The van der Waals surface area contributed by atoms with Crippen LogP contribution in [0.1, 0.15) is 10.4 Å². The lowest BCUT2D eigenvalue weighted by atomic mass is 10.1. The van der Waals surface area contributed by atoms with E-state index in [0.29, 0.717) is 5.56 Å². The second-order valence-electron chi connectivity index (χ2n) is 5.71. The number of methoxy groups -OCH3 is 1. The van der Waals surface area contributed by atoms with E-state index in [2.05, 4.69) is 0 Å². The topological polar surface area (TPSA) is 51.5 Å². The van der Waals surface area contributed by atoms with Gasteiger partial charge < -0.3 is 14.2 Å². The van der Waals surface area contributed by atoms with Gasteiger partial charge in [0.05, 0.1) is 22.9 Å². The fourth-order valence-electron chi connectivity index (χ4n) is 2.56. The first-order valence-corrected chi connectivity index (χ1v) is 8.23. The molecule has 124 valence electrons. The quantitative estimate of drug-likeness (QED) is 0.686. The SMILES string of the molecule is COC(=O)c1cc(=O)n(C)c2cc(-c3ccc(N(C)C)cc3)sc12. The van der Waals surface area contributed by atoms with Crippen molar-refractivity contribution in [2.75, 3.05) is 26.1 Å². The van der Waals surface area contributed by atoms with Crippen molar-refractivity contribution in [3.05, 3.63) is 52.3 Å². The minimum absolute atomic E-state index is 0.227. The van der Waals surface area contributed by atoms with Gasteiger partial charge in [-0.3, -0.25) is 4.79 Å². The van der Waals surface area contributed by atoms with Gasteiger partial charge in [-0.1, -0.05) is 12.1 Å². The Hall–Kier alpha value is -2.60. The fourth-order valence-corrected chi connectivity index (χ4v) is 3.75. The Kier molecular flexibility index (Phi) is 4.15. The summed E-state index contributed by atoms with van der Waals surface area (Å²) in [5.41, 5.74) is 2.99. The predicted molar refractivity (Wildman–Crippen MR) is 98.2 cm³/mol. The number of ether oxygens (including phenoxy) is 1. The number of thiophene rings is 1. The Morgan fingerprint density at radius 3 is 2.42 bits per heavy atom. The molecule has 0 amide bonds. The molecule has 3 aromatic rings. The Labute approximate surface area is 143 Å². The maximum atomic E-state index is 12.1. The maximum Gasteiger partial charge on any atom is 0.339 e. The highest BCUT2D eigenvalue weighted by Gasteiger charge is 2.17. The molecule has 0 bridgehead atoms. The van der Waals surface area contributed by atoms with Crippen LogP contribution in [0.5, 0.6) is 0 Å². The zero-order valence-electron chi connectivity index (χ0n) is 14.0. The highest BCUT2D eigenvalue weighted by atomic mass is 32.1. The number of hydrogen-bond acceptors (Lipinski definition) is 5. The third-order valence-corrected chi connectivity index (χ3v) is 5.20. The number of aromatic nitrogens is 1. The molecule has 1 aromatic carbocycles. The number of benzene rings is 1. The summed E-state index contributed by atoms with van der Waals surface area (Å²) >= 11 is 1.48. The molecule has 0 saturated carbocycles. The molecule has 0 saturated heterocycles. The van der Waals surface area contributed by atoms with Gasteiger partial charge in [-0.25, -0.2) is 4.79 Å². The number of rotatable bonds is 3. The van der Waals surface area contributed by atoms with Gasteiger partial charge >= 0.3 is 5.97 Å². The largest absolute Gasteiger partial charge is 0.465 e. The summed E-state index contributed by atoms with van der Waals surface area (Å²) in [5.74, 6) is -0.492. The van der Waals surface area contributed by atoms with Crippen LogP contribution in [-0.4, -0.2) is 31.7 Å². The highest BCUT2D eigenvalue weighted by molar-refractivity contribution is 7.22. The molecule has 0 unspecified atom stereocenters. The first kappa shape index (κ1) is 16.3. The fraction of sp³-hybridized carbons (Fsp3) is 0.222. The third kappa shape index (κ3) is 2.69. The summed E-state index contributed by atoms with van der Waals surface area (Å²) in [4.78, 5) is 27.1. The molecule has 6 heteroatoms. The van der Waals surface area contributed by atoms with Crippen LogP contribution >= 0.6 is 11.3 Å². The number of pyridine rings is 1. The number of carbonyl (C=O) groups excluding carboxylic acids is 1. The second-order valence-corrected chi connectivity index (χ2v) is 6.77. The van der Waals surface area contributed by atoms with Crippen LogP contribution in [0.2, 0.25) is 0 Å². The van der Waals surface area contributed by atoms with Crippen molar-refractivity contribution >= 4 is 33.2 Å². The minimum Gasteiger partial charge on any atom is -0.465 e. The molecule has 0 aliphatic rings. The standard InChI is InChI=1S/C18H18N2O3S/c1-19(2)12-7-5-11(6-8-12)15-10-14-17(24-15)13(18(22)23-4)9-16(21)20(14)3/h5-10H,1-4H3. The van der Waals surface area contributed by atoms with E-state index in [-0.39, 0.29) is 5.56 Å². The first-order valence-electron chi connectivity index (χ1n) is 7.42. The lowest BCUT2D eigenvalue weighted by Gasteiger charge is -2.12. The van der Waals surface area contributed by atoms with Crippen LogP contribution < -0.4 is 10.5 Å². The van der Waals surface area contributed by atoms with Crippen molar-refractivity contribution in [1.82, 2.24) is 4.57 Å². The minimum atomic E-state index is -0.492. The Morgan fingerprint density at radius 1 is 1.17 bits per heavy atom. The lowest BCUT2D eigenvalue weighted by Crippen LogP contribution is -2.18. The van der Waals surface area contributed by atoms with Gasteiger partial charge in [-0.15, -0.1) is 11.3 Å². The number of anilines is 1. The molecule has 0 fully saturated rings. The van der Waals surface area contributed by atoms with E-state index in [0.717, 1.165) is 26.3 Å². The molecule has 0 aliphatic carbocycles. The van der Waals surface area contributed by atoms with E-state index in [1.807, 2.05) is 49.3 Å². The number of esters is 1. The molecule has 0 atom stereocenters. The number of aryl methyl sites for hydroxylation is 1. The molecule has 0 radical (unpaired) electrons. The van der Waals surface area contributed by atoms with Crippen LogP contribution in [0, 0.1) is 0 Å². The monoisotopic (exact) mass is 342 g/mol. The smallest absolute Gasteiger partial charge is 0.339 e. The van der Waals surface area contributed by atoms with E-state index in [4.69, 9.17) is 4.74 Å². The van der Waals surface area contributed by atoms with E-state index in [1.165, 1.54) is 24.5 Å². The number of carbonyl (C=O) groups is 1. The third-order valence-electron chi connectivity index (χ3n) is 3.99. The molecular weight excluding hydrogens is 324 g/mol.